The highest BCUT2D eigenvalue weighted by atomic mass is 35.5. The van der Waals surface area contributed by atoms with Crippen molar-refractivity contribution in [2.24, 2.45) is 0 Å². The molecular weight excluding hydrogens is 337 g/mol. The summed E-state index contributed by atoms with van der Waals surface area (Å²) in [5.74, 6) is -0.279. The lowest BCUT2D eigenvalue weighted by molar-refractivity contribution is -0.385. The molecule has 2 aromatic rings. The van der Waals surface area contributed by atoms with Crippen LogP contribution in [0.15, 0.2) is 60.7 Å². The molecule has 0 amide bonds. The summed E-state index contributed by atoms with van der Waals surface area (Å²) in [6.07, 6.45) is 5.96. The van der Waals surface area contributed by atoms with Crippen LogP contribution < -0.4 is 0 Å². The smallest absolute Gasteiger partial charge is 0.276 e. The molecule has 0 bridgehead atoms. The van der Waals surface area contributed by atoms with E-state index < -0.39 is 4.92 Å². The minimum atomic E-state index is -0.456. The molecule has 0 spiro atoms. The van der Waals surface area contributed by atoms with Crippen LogP contribution in [0.3, 0.4) is 0 Å². The van der Waals surface area contributed by atoms with Gasteiger partial charge in [-0.3, -0.25) is 14.9 Å². The molecule has 0 fully saturated rings. The first-order valence-electron chi connectivity index (χ1n) is 6.56. The zero-order chi connectivity index (χ0) is 16.8. The van der Waals surface area contributed by atoms with Gasteiger partial charge in [0, 0.05) is 16.7 Å². The van der Waals surface area contributed by atoms with Gasteiger partial charge in [0.15, 0.2) is 5.78 Å². The molecule has 0 N–H and O–H groups in total. The number of nitro groups is 1. The first-order valence-corrected chi connectivity index (χ1v) is 7.32. The Labute approximate surface area is 142 Å². The third kappa shape index (κ3) is 4.52. The Morgan fingerprint density at radius 2 is 1.83 bits per heavy atom. The molecule has 116 valence electrons. The Bertz CT molecular complexity index is 813. The quantitative estimate of drug-likeness (QED) is 0.240. The van der Waals surface area contributed by atoms with Gasteiger partial charge >= 0.3 is 0 Å². The average Bonchev–Trinajstić information content (AvgIpc) is 2.51. The van der Waals surface area contributed by atoms with Crippen LogP contribution in [-0.2, 0) is 0 Å². The Morgan fingerprint density at radius 1 is 1.09 bits per heavy atom. The fourth-order valence-electron chi connectivity index (χ4n) is 1.88. The van der Waals surface area contributed by atoms with E-state index in [2.05, 4.69) is 0 Å². The van der Waals surface area contributed by atoms with Gasteiger partial charge in [0.05, 0.1) is 15.5 Å². The van der Waals surface area contributed by atoms with Crippen LogP contribution in [0.25, 0.3) is 6.08 Å². The summed E-state index contributed by atoms with van der Waals surface area (Å²) in [4.78, 5) is 22.4. The molecule has 23 heavy (non-hydrogen) atoms. The van der Waals surface area contributed by atoms with Crippen molar-refractivity contribution in [1.82, 2.24) is 0 Å². The zero-order valence-electron chi connectivity index (χ0n) is 11.8. The summed E-state index contributed by atoms with van der Waals surface area (Å²) >= 11 is 11.7. The van der Waals surface area contributed by atoms with Crippen LogP contribution in [0.4, 0.5) is 5.69 Å². The number of allylic oxidation sites excluding steroid dienone is 3. The van der Waals surface area contributed by atoms with E-state index in [1.807, 2.05) is 0 Å². The van der Waals surface area contributed by atoms with Gasteiger partial charge in [-0.2, -0.15) is 0 Å². The number of para-hydroxylation sites is 1. The summed E-state index contributed by atoms with van der Waals surface area (Å²) in [5.41, 5.74) is 0.801. The number of nitrogens with zero attached hydrogens (tertiary/aromatic N) is 1. The Morgan fingerprint density at radius 3 is 2.52 bits per heavy atom. The fraction of sp³-hybridized carbons (Fsp3) is 0. The normalized spacial score (nSPS) is 11.2. The molecule has 0 aliphatic heterocycles. The van der Waals surface area contributed by atoms with Gasteiger partial charge < -0.3 is 0 Å². The maximum Gasteiger partial charge on any atom is 0.276 e. The van der Waals surface area contributed by atoms with E-state index in [0.717, 1.165) is 0 Å². The van der Waals surface area contributed by atoms with E-state index in [-0.39, 0.29) is 16.5 Å². The largest absolute Gasteiger partial charge is 0.289 e. The summed E-state index contributed by atoms with van der Waals surface area (Å²) < 4.78 is 0. The van der Waals surface area contributed by atoms with Gasteiger partial charge in [0.2, 0.25) is 0 Å². The van der Waals surface area contributed by atoms with E-state index >= 15 is 0 Å². The summed E-state index contributed by atoms with van der Waals surface area (Å²) in [6, 6.07) is 11.0. The molecular formula is C17H11Cl2NO3. The predicted octanol–water partition coefficient (Wildman–Crippen LogP) is 5.35. The number of ketones is 1. The molecule has 2 aromatic carbocycles. The van der Waals surface area contributed by atoms with E-state index in [4.69, 9.17) is 23.2 Å². The number of nitro benzene ring substituents is 1. The highest BCUT2D eigenvalue weighted by Gasteiger charge is 2.09. The first kappa shape index (κ1) is 16.9. The lowest BCUT2D eigenvalue weighted by Crippen LogP contribution is -1.94. The maximum absolute atomic E-state index is 12.0. The molecule has 6 heteroatoms. The summed E-state index contributed by atoms with van der Waals surface area (Å²) in [5, 5.41) is 11.6. The number of benzene rings is 2. The third-order valence-corrected chi connectivity index (χ3v) is 3.51. The van der Waals surface area contributed by atoms with Crippen molar-refractivity contribution in [3.05, 3.63) is 92.0 Å². The third-order valence-electron chi connectivity index (χ3n) is 2.96. The topological polar surface area (TPSA) is 60.2 Å². The Kier molecular flexibility index (Phi) is 5.68. The van der Waals surface area contributed by atoms with Gasteiger partial charge in [0.25, 0.3) is 5.69 Å². The van der Waals surface area contributed by atoms with Crippen molar-refractivity contribution in [2.75, 3.05) is 0 Å². The van der Waals surface area contributed by atoms with Gasteiger partial charge in [-0.1, -0.05) is 47.5 Å². The first-order chi connectivity index (χ1) is 11.0. The number of rotatable bonds is 5. The van der Waals surface area contributed by atoms with Crippen molar-refractivity contribution < 1.29 is 9.72 Å². The van der Waals surface area contributed by atoms with E-state index in [0.29, 0.717) is 16.1 Å². The molecule has 0 radical (unpaired) electrons. The molecule has 0 saturated carbocycles. The second-order valence-electron chi connectivity index (χ2n) is 4.52. The van der Waals surface area contributed by atoms with Crippen LogP contribution >= 0.6 is 23.2 Å². The number of carbonyl (C=O) groups excluding carboxylic acids is 1. The second-order valence-corrected chi connectivity index (χ2v) is 5.37. The minimum Gasteiger partial charge on any atom is -0.289 e. The van der Waals surface area contributed by atoms with Crippen molar-refractivity contribution in [3.63, 3.8) is 0 Å². The summed E-state index contributed by atoms with van der Waals surface area (Å²) in [7, 11) is 0. The second kappa shape index (κ2) is 7.72. The van der Waals surface area contributed by atoms with Crippen molar-refractivity contribution in [1.29, 1.82) is 0 Å². The van der Waals surface area contributed by atoms with Crippen LogP contribution in [-0.4, -0.2) is 10.7 Å². The van der Waals surface area contributed by atoms with Crippen LogP contribution in [0.1, 0.15) is 15.9 Å². The molecule has 4 nitrogen and oxygen atoms in total. The van der Waals surface area contributed by atoms with Gasteiger partial charge in [0.1, 0.15) is 0 Å². The predicted molar refractivity (Wildman–Crippen MR) is 92.1 cm³/mol. The van der Waals surface area contributed by atoms with E-state index in [1.54, 1.807) is 42.5 Å². The maximum atomic E-state index is 12.0. The molecule has 0 atom stereocenters. The van der Waals surface area contributed by atoms with Gasteiger partial charge in [-0.05, 0) is 36.4 Å². The number of hydrogen-bond acceptors (Lipinski definition) is 3. The zero-order valence-corrected chi connectivity index (χ0v) is 13.3. The highest BCUT2D eigenvalue weighted by Crippen LogP contribution is 2.22. The molecule has 2 rings (SSSR count). The number of carbonyl (C=O) groups is 1. The molecule has 0 saturated heterocycles. The van der Waals surface area contributed by atoms with Crippen molar-refractivity contribution in [2.45, 2.75) is 0 Å². The highest BCUT2D eigenvalue weighted by molar-refractivity contribution is 6.37. The van der Waals surface area contributed by atoms with Crippen LogP contribution in [0, 0.1) is 10.1 Å². The average molecular weight is 348 g/mol. The van der Waals surface area contributed by atoms with Crippen LogP contribution in [0.2, 0.25) is 10.0 Å². The van der Waals surface area contributed by atoms with Crippen molar-refractivity contribution in [3.8, 4) is 0 Å². The molecule has 0 aliphatic carbocycles. The monoisotopic (exact) mass is 347 g/mol. The molecule has 0 aromatic heterocycles. The van der Waals surface area contributed by atoms with E-state index in [1.165, 1.54) is 24.3 Å². The fourth-order valence-corrected chi connectivity index (χ4v) is 2.38. The molecule has 0 heterocycles. The van der Waals surface area contributed by atoms with Crippen LogP contribution in [0.5, 0.6) is 0 Å². The molecule has 0 unspecified atom stereocenters. The van der Waals surface area contributed by atoms with Crippen molar-refractivity contribution >= 4 is 40.7 Å². The lowest BCUT2D eigenvalue weighted by atomic mass is 10.1. The number of halogens is 2. The SMILES string of the molecule is O=C(/C=C/C=C/c1ccccc1[N+](=O)[O-])c1ccc(Cl)cc1Cl. The Balaban J connectivity index is 2.12. The molecule has 0 aliphatic rings. The van der Waals surface area contributed by atoms with Gasteiger partial charge in [-0.15, -0.1) is 0 Å². The number of hydrogen-bond donors (Lipinski definition) is 0. The van der Waals surface area contributed by atoms with E-state index in [9.17, 15) is 14.9 Å². The van der Waals surface area contributed by atoms with Gasteiger partial charge in [-0.25, -0.2) is 0 Å². The summed E-state index contributed by atoms with van der Waals surface area (Å²) in [6.45, 7) is 0. The minimum absolute atomic E-state index is 0.00391. The Hall–Kier alpha value is -2.43. The lowest BCUT2D eigenvalue weighted by Gasteiger charge is -1.99. The standard InChI is InChI=1S/C17H11Cl2NO3/c18-13-9-10-14(15(19)11-13)17(21)8-4-2-6-12-5-1-3-7-16(12)20(22)23/h1-11H/b6-2+,8-4+.